The van der Waals surface area contributed by atoms with Crippen LogP contribution in [0, 0.1) is 13.8 Å². The van der Waals surface area contributed by atoms with Crippen LogP contribution in [0.2, 0.25) is 0 Å². The quantitative estimate of drug-likeness (QED) is 0.863. The number of hydrogen-bond acceptors (Lipinski definition) is 4. The summed E-state index contributed by atoms with van der Waals surface area (Å²) in [5, 5.41) is 4.24. The van der Waals surface area contributed by atoms with Crippen LogP contribution >= 0.6 is 0 Å². The predicted octanol–water partition coefficient (Wildman–Crippen LogP) is 3.57. The molecule has 0 radical (unpaired) electrons. The van der Waals surface area contributed by atoms with E-state index >= 15 is 0 Å². The highest BCUT2D eigenvalue weighted by Gasteiger charge is 2.21. The van der Waals surface area contributed by atoms with Crippen molar-refractivity contribution in [1.82, 2.24) is 9.78 Å². The van der Waals surface area contributed by atoms with Gasteiger partial charge in [-0.3, -0.25) is 0 Å². The number of carbonyl (C=O) groups excluding carboxylic acids is 1. The number of nitrogens with zero attached hydrogens (tertiary/aromatic N) is 2. The number of ether oxygens (including phenoxy) is 2. The fourth-order valence-electron chi connectivity index (χ4n) is 2.13. The molecule has 5 nitrogen and oxygen atoms in total. The van der Waals surface area contributed by atoms with Gasteiger partial charge >= 0.3 is 6.09 Å². The van der Waals surface area contributed by atoms with Crippen molar-refractivity contribution in [2.24, 2.45) is 0 Å². The minimum atomic E-state index is -0.491. The topological polar surface area (TPSA) is 53.4 Å². The van der Waals surface area contributed by atoms with E-state index < -0.39 is 6.09 Å². The van der Waals surface area contributed by atoms with Gasteiger partial charge in [-0.2, -0.15) is 4.68 Å². The number of aryl methyl sites for hydroxylation is 1. The van der Waals surface area contributed by atoms with E-state index in [2.05, 4.69) is 5.10 Å². The summed E-state index contributed by atoms with van der Waals surface area (Å²) in [7, 11) is 0. The Labute approximate surface area is 124 Å². The zero-order valence-electron chi connectivity index (χ0n) is 12.8. The molecule has 0 spiro atoms. The fraction of sp³-hybridized carbons (Fsp3) is 0.375. The van der Waals surface area contributed by atoms with Gasteiger partial charge < -0.3 is 9.47 Å². The van der Waals surface area contributed by atoms with Crippen LogP contribution in [0.3, 0.4) is 0 Å². The molecule has 0 N–H and O–H groups in total. The smallest absolute Gasteiger partial charge is 0.435 e. The third-order valence-corrected chi connectivity index (χ3v) is 3.15. The molecule has 0 amide bonds. The van der Waals surface area contributed by atoms with Gasteiger partial charge in [-0.25, -0.2) is 4.79 Å². The van der Waals surface area contributed by atoms with Crippen molar-refractivity contribution in [3.63, 3.8) is 0 Å². The van der Waals surface area contributed by atoms with Gasteiger partial charge in [0.05, 0.1) is 24.5 Å². The number of benzene rings is 1. The molecule has 1 aromatic heterocycles. The Hall–Kier alpha value is -2.30. The van der Waals surface area contributed by atoms with Crippen LogP contribution < -0.4 is 4.74 Å². The van der Waals surface area contributed by atoms with E-state index in [-0.39, 0.29) is 0 Å². The Morgan fingerprint density at radius 3 is 2.38 bits per heavy atom. The lowest BCUT2D eigenvalue weighted by Gasteiger charge is -2.05. The second-order valence-corrected chi connectivity index (χ2v) is 4.68. The van der Waals surface area contributed by atoms with Crippen molar-refractivity contribution >= 4 is 6.09 Å². The van der Waals surface area contributed by atoms with Crippen molar-refractivity contribution in [2.75, 3.05) is 13.2 Å². The third-order valence-electron chi connectivity index (χ3n) is 3.15. The molecule has 2 rings (SSSR count). The molecule has 0 unspecified atom stereocenters. The lowest BCUT2D eigenvalue weighted by molar-refractivity contribution is 0.149. The van der Waals surface area contributed by atoms with E-state index in [0.29, 0.717) is 24.8 Å². The summed E-state index contributed by atoms with van der Waals surface area (Å²) in [4.78, 5) is 11.9. The molecule has 0 atom stereocenters. The van der Waals surface area contributed by atoms with Crippen LogP contribution in [0.4, 0.5) is 4.79 Å². The molecule has 0 saturated heterocycles. The van der Waals surface area contributed by atoms with Crippen molar-refractivity contribution in [2.45, 2.75) is 27.7 Å². The summed E-state index contributed by atoms with van der Waals surface area (Å²) in [6, 6.07) is 8.03. The summed E-state index contributed by atoms with van der Waals surface area (Å²) in [6.45, 7) is 8.31. The summed E-state index contributed by atoms with van der Waals surface area (Å²) < 4.78 is 11.8. The molecular weight excluding hydrogens is 268 g/mol. The molecule has 5 heteroatoms. The van der Waals surface area contributed by atoms with Gasteiger partial charge in [0.15, 0.2) is 0 Å². The van der Waals surface area contributed by atoms with Gasteiger partial charge in [0.1, 0.15) is 0 Å². The zero-order valence-corrected chi connectivity index (χ0v) is 12.8. The summed E-state index contributed by atoms with van der Waals surface area (Å²) in [6.07, 6.45) is -0.491. The molecule has 1 heterocycles. The predicted molar refractivity (Wildman–Crippen MR) is 80.7 cm³/mol. The molecular formula is C16H20N2O3. The maximum absolute atomic E-state index is 11.9. The molecule has 1 aromatic carbocycles. The Morgan fingerprint density at radius 2 is 1.81 bits per heavy atom. The normalized spacial score (nSPS) is 10.5. The summed E-state index contributed by atoms with van der Waals surface area (Å²) in [5.41, 5.74) is 3.68. The molecule has 112 valence electrons. The highest BCUT2D eigenvalue weighted by molar-refractivity contribution is 5.78. The Bertz CT molecular complexity index is 630. The molecule has 0 fully saturated rings. The summed E-state index contributed by atoms with van der Waals surface area (Å²) >= 11 is 0. The maximum Gasteiger partial charge on any atom is 0.435 e. The first-order chi connectivity index (χ1) is 10.1. The maximum atomic E-state index is 11.9. The van der Waals surface area contributed by atoms with Gasteiger partial charge in [0.25, 0.3) is 0 Å². The van der Waals surface area contributed by atoms with Crippen LogP contribution in [0.25, 0.3) is 11.1 Å². The van der Waals surface area contributed by atoms with E-state index in [0.717, 1.165) is 11.1 Å². The van der Waals surface area contributed by atoms with E-state index in [9.17, 15) is 4.79 Å². The van der Waals surface area contributed by atoms with E-state index in [4.69, 9.17) is 9.47 Å². The number of hydrogen-bond donors (Lipinski definition) is 0. The average Bonchev–Trinajstić information content (AvgIpc) is 2.78. The van der Waals surface area contributed by atoms with Crippen molar-refractivity contribution in [1.29, 1.82) is 0 Å². The lowest BCUT2D eigenvalue weighted by Crippen LogP contribution is -2.16. The van der Waals surface area contributed by atoms with Crippen molar-refractivity contribution in [3.05, 3.63) is 35.5 Å². The van der Waals surface area contributed by atoms with Gasteiger partial charge in [-0.05, 0) is 33.3 Å². The minimum Gasteiger partial charge on any atom is -0.476 e. The number of aromatic nitrogens is 2. The highest BCUT2D eigenvalue weighted by Crippen LogP contribution is 2.33. The Kier molecular flexibility index (Phi) is 4.62. The summed E-state index contributed by atoms with van der Waals surface area (Å²) in [5.74, 6) is 0.451. The van der Waals surface area contributed by atoms with Crippen LogP contribution in [-0.4, -0.2) is 29.1 Å². The van der Waals surface area contributed by atoms with E-state index in [1.165, 1.54) is 10.2 Å². The largest absolute Gasteiger partial charge is 0.476 e. The van der Waals surface area contributed by atoms with Crippen LogP contribution in [0.1, 0.15) is 25.1 Å². The molecule has 0 aliphatic carbocycles. The fourth-order valence-corrected chi connectivity index (χ4v) is 2.13. The highest BCUT2D eigenvalue weighted by atomic mass is 16.6. The van der Waals surface area contributed by atoms with Crippen molar-refractivity contribution in [3.8, 4) is 17.0 Å². The zero-order chi connectivity index (χ0) is 15.4. The molecule has 0 saturated carbocycles. The Balaban J connectivity index is 2.52. The standard InChI is InChI=1S/C16H20N2O3/c1-5-20-15-14(13-9-7-11(3)8-10-13)12(4)18(17-15)16(19)21-6-2/h7-10H,5-6H2,1-4H3. The van der Waals surface area contributed by atoms with Crippen LogP contribution in [0.5, 0.6) is 5.88 Å². The second-order valence-electron chi connectivity index (χ2n) is 4.68. The monoisotopic (exact) mass is 288 g/mol. The number of carbonyl (C=O) groups is 1. The third kappa shape index (κ3) is 3.07. The lowest BCUT2D eigenvalue weighted by atomic mass is 10.0. The van der Waals surface area contributed by atoms with Crippen LogP contribution in [0.15, 0.2) is 24.3 Å². The molecule has 2 aromatic rings. The first kappa shape index (κ1) is 15.1. The SMILES string of the molecule is CCOC(=O)n1nc(OCC)c(-c2ccc(C)cc2)c1C. The molecule has 0 bridgehead atoms. The molecule has 0 aliphatic heterocycles. The first-order valence-electron chi connectivity index (χ1n) is 7.05. The average molecular weight is 288 g/mol. The van der Waals surface area contributed by atoms with E-state index in [1.807, 2.05) is 45.0 Å². The minimum absolute atomic E-state index is 0.308. The van der Waals surface area contributed by atoms with Gasteiger partial charge in [-0.15, -0.1) is 5.10 Å². The van der Waals surface area contributed by atoms with Gasteiger partial charge in [0, 0.05) is 0 Å². The van der Waals surface area contributed by atoms with Gasteiger partial charge in [0.2, 0.25) is 5.88 Å². The van der Waals surface area contributed by atoms with Crippen LogP contribution in [-0.2, 0) is 4.74 Å². The van der Waals surface area contributed by atoms with Gasteiger partial charge in [-0.1, -0.05) is 29.8 Å². The van der Waals surface area contributed by atoms with E-state index in [1.54, 1.807) is 6.92 Å². The first-order valence-corrected chi connectivity index (χ1v) is 7.05. The molecule has 21 heavy (non-hydrogen) atoms. The second kappa shape index (κ2) is 6.43. The Morgan fingerprint density at radius 1 is 1.14 bits per heavy atom. The van der Waals surface area contributed by atoms with Crippen molar-refractivity contribution < 1.29 is 14.3 Å². The molecule has 0 aliphatic rings. The number of rotatable bonds is 4.